The highest BCUT2D eigenvalue weighted by molar-refractivity contribution is 6.04. The van der Waals surface area contributed by atoms with Crippen LogP contribution in [0.2, 0.25) is 0 Å². The third-order valence-corrected chi connectivity index (χ3v) is 7.40. The first kappa shape index (κ1) is 26.4. The van der Waals surface area contributed by atoms with Crippen molar-refractivity contribution < 1.29 is 28.2 Å². The highest BCUT2D eigenvalue weighted by Gasteiger charge is 2.42. The SMILES string of the molecule is COCCOC(=O)C1=C(C)NC2=C(C(=O)CC(c3cccc(OC)c3)C2)C1c1coc2ccc(C)cc2c1=O. The van der Waals surface area contributed by atoms with Gasteiger partial charge in [0.05, 0.1) is 36.9 Å². The Bertz CT molecular complexity index is 1580. The van der Waals surface area contributed by atoms with Crippen LogP contribution in [0.5, 0.6) is 5.75 Å². The summed E-state index contributed by atoms with van der Waals surface area (Å²) in [7, 11) is 3.12. The first-order valence-corrected chi connectivity index (χ1v) is 12.9. The zero-order chi connectivity index (χ0) is 27.7. The lowest BCUT2D eigenvalue weighted by Gasteiger charge is -2.36. The monoisotopic (exact) mass is 529 g/mol. The minimum atomic E-state index is -0.920. The van der Waals surface area contributed by atoms with Gasteiger partial charge in [-0.2, -0.15) is 0 Å². The van der Waals surface area contributed by atoms with Gasteiger partial charge in [-0.1, -0.05) is 23.8 Å². The van der Waals surface area contributed by atoms with E-state index in [1.165, 1.54) is 13.4 Å². The molecule has 0 fully saturated rings. The van der Waals surface area contributed by atoms with Gasteiger partial charge in [-0.05, 0) is 56.0 Å². The zero-order valence-corrected chi connectivity index (χ0v) is 22.5. The minimum absolute atomic E-state index is 0.0438. The molecule has 0 saturated heterocycles. The van der Waals surface area contributed by atoms with Crippen LogP contribution in [0.3, 0.4) is 0 Å². The van der Waals surface area contributed by atoms with E-state index in [2.05, 4.69) is 5.32 Å². The van der Waals surface area contributed by atoms with E-state index in [4.69, 9.17) is 18.6 Å². The van der Waals surface area contributed by atoms with E-state index in [0.29, 0.717) is 34.4 Å². The molecule has 2 aliphatic rings. The van der Waals surface area contributed by atoms with E-state index in [1.807, 2.05) is 37.3 Å². The summed E-state index contributed by atoms with van der Waals surface area (Å²) in [5, 5.41) is 3.70. The summed E-state index contributed by atoms with van der Waals surface area (Å²) in [6.07, 6.45) is 2.14. The molecule has 3 aromatic rings. The van der Waals surface area contributed by atoms with Crippen molar-refractivity contribution in [1.29, 1.82) is 0 Å². The Morgan fingerprint density at radius 1 is 1.05 bits per heavy atom. The molecular formula is C31H31NO7. The molecule has 1 aliphatic heterocycles. The van der Waals surface area contributed by atoms with Crippen LogP contribution in [0.25, 0.3) is 11.0 Å². The number of hydrogen-bond donors (Lipinski definition) is 1. The number of hydrogen-bond acceptors (Lipinski definition) is 8. The minimum Gasteiger partial charge on any atom is -0.497 e. The van der Waals surface area contributed by atoms with E-state index in [9.17, 15) is 14.4 Å². The van der Waals surface area contributed by atoms with Gasteiger partial charge in [-0.3, -0.25) is 9.59 Å². The van der Waals surface area contributed by atoms with Crippen molar-refractivity contribution in [3.8, 4) is 5.75 Å². The number of aryl methyl sites for hydroxylation is 1. The zero-order valence-electron chi connectivity index (χ0n) is 22.5. The van der Waals surface area contributed by atoms with Gasteiger partial charge in [-0.15, -0.1) is 0 Å². The van der Waals surface area contributed by atoms with Gasteiger partial charge in [-0.25, -0.2) is 4.79 Å². The van der Waals surface area contributed by atoms with Crippen molar-refractivity contribution in [3.05, 3.63) is 98.2 Å². The Kier molecular flexibility index (Phi) is 7.39. The molecule has 1 aromatic heterocycles. The second-order valence-corrected chi connectivity index (χ2v) is 9.94. The molecule has 0 radical (unpaired) electrons. The molecule has 0 spiro atoms. The van der Waals surface area contributed by atoms with Crippen LogP contribution >= 0.6 is 0 Å². The molecule has 5 rings (SSSR count). The molecule has 2 aromatic carbocycles. The van der Waals surface area contributed by atoms with Crippen LogP contribution in [0.15, 0.2) is 80.5 Å². The predicted molar refractivity (Wildman–Crippen MR) is 146 cm³/mol. The maximum atomic E-state index is 13.9. The molecule has 2 unspecified atom stereocenters. The van der Waals surface area contributed by atoms with Crippen molar-refractivity contribution in [1.82, 2.24) is 5.32 Å². The Labute approximate surface area is 226 Å². The molecule has 8 nitrogen and oxygen atoms in total. The Morgan fingerprint density at radius 2 is 1.87 bits per heavy atom. The smallest absolute Gasteiger partial charge is 0.336 e. The second-order valence-electron chi connectivity index (χ2n) is 9.94. The van der Waals surface area contributed by atoms with Crippen LogP contribution < -0.4 is 15.5 Å². The number of carbonyl (C=O) groups excluding carboxylic acids is 2. The number of esters is 1. The first-order valence-electron chi connectivity index (χ1n) is 12.9. The Morgan fingerprint density at radius 3 is 2.64 bits per heavy atom. The third kappa shape index (κ3) is 5.00. The standard InChI is InChI=1S/C31H31NO7/c1-17-8-9-26-22(12-17)30(34)23(16-39-26)28-27(31(35)38-11-10-36-3)18(2)32-24-14-20(15-25(33)29(24)28)19-6-5-7-21(13-19)37-4/h5-9,12-13,16,20,28,32H,10-11,14-15H2,1-4H3. The molecular weight excluding hydrogens is 498 g/mol. The summed E-state index contributed by atoms with van der Waals surface area (Å²) in [6.45, 7) is 3.92. The van der Waals surface area contributed by atoms with Gasteiger partial charge < -0.3 is 23.9 Å². The van der Waals surface area contributed by atoms with Gasteiger partial charge >= 0.3 is 5.97 Å². The molecule has 8 heteroatoms. The molecule has 1 N–H and O–H groups in total. The largest absolute Gasteiger partial charge is 0.497 e. The summed E-state index contributed by atoms with van der Waals surface area (Å²) in [5.74, 6) is -1.04. The average Bonchev–Trinajstić information content (AvgIpc) is 2.93. The molecule has 0 saturated carbocycles. The lowest BCUT2D eigenvalue weighted by molar-refractivity contribution is -0.140. The number of ether oxygens (including phenoxy) is 3. The summed E-state index contributed by atoms with van der Waals surface area (Å²) in [5.41, 5.74) is 4.12. The van der Waals surface area contributed by atoms with E-state index in [-0.39, 0.29) is 47.9 Å². The van der Waals surface area contributed by atoms with Crippen LogP contribution in [-0.2, 0) is 19.1 Å². The number of Topliss-reactive ketones (excluding diaryl/α,β-unsaturated/α-hetero) is 1. The lowest BCUT2D eigenvalue weighted by Crippen LogP contribution is -2.37. The summed E-state index contributed by atoms with van der Waals surface area (Å²) < 4.78 is 21.7. The summed E-state index contributed by atoms with van der Waals surface area (Å²) in [6, 6.07) is 13.1. The molecule has 0 amide bonds. The van der Waals surface area contributed by atoms with Gasteiger partial charge in [0.1, 0.15) is 17.9 Å². The molecule has 2 heterocycles. The maximum absolute atomic E-state index is 13.9. The third-order valence-electron chi connectivity index (χ3n) is 7.40. The number of nitrogens with one attached hydrogen (secondary N) is 1. The number of fused-ring (bicyclic) bond motifs is 1. The van der Waals surface area contributed by atoms with Crippen LogP contribution in [0.4, 0.5) is 0 Å². The maximum Gasteiger partial charge on any atom is 0.336 e. The van der Waals surface area contributed by atoms with E-state index in [0.717, 1.165) is 16.9 Å². The molecule has 1 aliphatic carbocycles. The fourth-order valence-electron chi connectivity index (χ4n) is 5.51. The first-order chi connectivity index (χ1) is 18.8. The Balaban J connectivity index is 1.64. The highest BCUT2D eigenvalue weighted by Crippen LogP contribution is 2.45. The fourth-order valence-corrected chi connectivity index (χ4v) is 5.51. The van der Waals surface area contributed by atoms with Gasteiger partial charge in [0.2, 0.25) is 0 Å². The highest BCUT2D eigenvalue weighted by atomic mass is 16.6. The number of rotatable bonds is 7. The number of dihydropyridines is 1. The normalized spacial score (nSPS) is 19.1. The molecule has 2 atom stereocenters. The number of ketones is 1. The second kappa shape index (κ2) is 10.9. The van der Waals surface area contributed by atoms with E-state index >= 15 is 0 Å². The number of allylic oxidation sites excluding steroid dienone is 3. The van der Waals surface area contributed by atoms with Gasteiger partial charge in [0.25, 0.3) is 0 Å². The van der Waals surface area contributed by atoms with E-state index < -0.39 is 11.9 Å². The molecule has 39 heavy (non-hydrogen) atoms. The van der Waals surface area contributed by atoms with Crippen molar-refractivity contribution in [2.24, 2.45) is 0 Å². The van der Waals surface area contributed by atoms with Gasteiger partial charge in [0.15, 0.2) is 11.2 Å². The van der Waals surface area contributed by atoms with Crippen molar-refractivity contribution in [2.75, 3.05) is 27.4 Å². The van der Waals surface area contributed by atoms with Gasteiger partial charge in [0, 0.05) is 36.1 Å². The van der Waals surface area contributed by atoms with Crippen LogP contribution in [0, 0.1) is 6.92 Å². The lowest BCUT2D eigenvalue weighted by atomic mass is 9.72. The van der Waals surface area contributed by atoms with E-state index in [1.54, 1.807) is 26.2 Å². The fraction of sp³-hybridized carbons (Fsp3) is 0.323. The van der Waals surface area contributed by atoms with Crippen LogP contribution in [0.1, 0.15) is 48.3 Å². The molecule has 0 bridgehead atoms. The Hall–Kier alpha value is -4.17. The van der Waals surface area contributed by atoms with Crippen molar-refractivity contribution >= 4 is 22.7 Å². The van der Waals surface area contributed by atoms with Crippen molar-refractivity contribution in [2.45, 2.75) is 38.5 Å². The predicted octanol–water partition coefficient (Wildman–Crippen LogP) is 4.66. The average molecular weight is 530 g/mol. The summed E-state index contributed by atoms with van der Waals surface area (Å²) in [4.78, 5) is 41.1. The van der Waals surface area contributed by atoms with Crippen molar-refractivity contribution in [3.63, 3.8) is 0 Å². The molecule has 202 valence electrons. The number of methoxy groups -OCH3 is 2. The number of benzene rings is 2. The number of carbonyl (C=O) groups is 2. The topological polar surface area (TPSA) is 104 Å². The van der Waals surface area contributed by atoms with Crippen LogP contribution in [-0.4, -0.2) is 39.2 Å². The summed E-state index contributed by atoms with van der Waals surface area (Å²) >= 11 is 0. The quantitative estimate of drug-likeness (QED) is 0.348.